The number of anilines is 1. The second-order valence-electron chi connectivity index (χ2n) is 3.73. The van der Waals surface area contributed by atoms with E-state index in [0.717, 1.165) is 21.5 Å². The predicted molar refractivity (Wildman–Crippen MR) is 67.4 cm³/mol. The van der Waals surface area contributed by atoms with Crippen molar-refractivity contribution in [2.75, 3.05) is 5.32 Å². The van der Waals surface area contributed by atoms with Crippen molar-refractivity contribution in [3.8, 4) is 0 Å². The average molecular weight is 281 g/mol. The smallest absolute Gasteiger partial charge is 0.128 e. The Bertz CT molecular complexity index is 481. The molecule has 16 heavy (non-hydrogen) atoms. The van der Waals surface area contributed by atoms with Gasteiger partial charge in [0.2, 0.25) is 0 Å². The van der Waals surface area contributed by atoms with Crippen LogP contribution in [0.2, 0.25) is 0 Å². The molecule has 1 atom stereocenters. The van der Waals surface area contributed by atoms with Gasteiger partial charge in [-0.3, -0.25) is 4.98 Å². The summed E-state index contributed by atoms with van der Waals surface area (Å²) in [6.07, 6.45) is 5.26. The van der Waals surface area contributed by atoms with Crippen LogP contribution in [-0.2, 0) is 0 Å². The molecule has 0 spiro atoms. The van der Waals surface area contributed by atoms with Crippen LogP contribution in [0.5, 0.6) is 0 Å². The number of nitrogens with one attached hydrogen (secondary N) is 1. The number of halogens is 1. The number of nitrogens with zero attached hydrogens (tertiary/aromatic N) is 1. The topological polar surface area (TPSA) is 38.1 Å². The van der Waals surface area contributed by atoms with Crippen LogP contribution in [0, 0.1) is 6.92 Å². The third-order valence-corrected chi connectivity index (χ3v) is 2.82. The molecular formula is C12H13BrN2O. The van der Waals surface area contributed by atoms with E-state index in [0.29, 0.717) is 0 Å². The molecule has 0 amide bonds. The van der Waals surface area contributed by atoms with Crippen LogP contribution < -0.4 is 5.32 Å². The first-order valence-electron chi connectivity index (χ1n) is 5.08. The number of rotatable bonds is 3. The van der Waals surface area contributed by atoms with Gasteiger partial charge in [0.15, 0.2) is 0 Å². The van der Waals surface area contributed by atoms with Gasteiger partial charge in [-0.25, -0.2) is 0 Å². The highest BCUT2D eigenvalue weighted by Gasteiger charge is 2.11. The van der Waals surface area contributed by atoms with Crippen molar-refractivity contribution in [1.82, 2.24) is 4.98 Å². The Kier molecular flexibility index (Phi) is 3.29. The maximum absolute atomic E-state index is 5.43. The SMILES string of the molecule is Cc1ccoc1C(C)Nc1cncc(Br)c1. The lowest BCUT2D eigenvalue weighted by Crippen LogP contribution is -2.06. The fourth-order valence-electron chi connectivity index (χ4n) is 1.63. The summed E-state index contributed by atoms with van der Waals surface area (Å²) >= 11 is 3.39. The summed E-state index contributed by atoms with van der Waals surface area (Å²) in [6.45, 7) is 4.10. The van der Waals surface area contributed by atoms with E-state index in [4.69, 9.17) is 4.42 Å². The molecule has 4 heteroatoms. The van der Waals surface area contributed by atoms with Gasteiger partial charge < -0.3 is 9.73 Å². The summed E-state index contributed by atoms with van der Waals surface area (Å²) < 4.78 is 6.39. The summed E-state index contributed by atoms with van der Waals surface area (Å²) in [5.41, 5.74) is 2.13. The Morgan fingerprint density at radius 3 is 2.88 bits per heavy atom. The lowest BCUT2D eigenvalue weighted by molar-refractivity contribution is 0.487. The molecule has 0 bridgehead atoms. The van der Waals surface area contributed by atoms with Crippen molar-refractivity contribution in [2.24, 2.45) is 0 Å². The van der Waals surface area contributed by atoms with Gasteiger partial charge >= 0.3 is 0 Å². The van der Waals surface area contributed by atoms with Crippen LogP contribution in [0.25, 0.3) is 0 Å². The molecule has 0 aliphatic heterocycles. The maximum Gasteiger partial charge on any atom is 0.128 e. The molecule has 0 aliphatic carbocycles. The zero-order chi connectivity index (χ0) is 11.5. The number of furan rings is 1. The molecular weight excluding hydrogens is 268 g/mol. The molecule has 0 aromatic carbocycles. The monoisotopic (exact) mass is 280 g/mol. The number of pyridine rings is 1. The van der Waals surface area contributed by atoms with Gasteiger partial charge in [0.1, 0.15) is 5.76 Å². The van der Waals surface area contributed by atoms with Crippen LogP contribution in [0.15, 0.2) is 39.7 Å². The first-order chi connectivity index (χ1) is 7.66. The molecule has 3 nitrogen and oxygen atoms in total. The molecule has 2 aromatic rings. The van der Waals surface area contributed by atoms with E-state index in [1.54, 1.807) is 18.7 Å². The molecule has 0 radical (unpaired) electrons. The third-order valence-electron chi connectivity index (χ3n) is 2.38. The van der Waals surface area contributed by atoms with Crippen molar-refractivity contribution < 1.29 is 4.42 Å². The van der Waals surface area contributed by atoms with Crippen molar-refractivity contribution in [3.63, 3.8) is 0 Å². The summed E-state index contributed by atoms with van der Waals surface area (Å²) in [5, 5.41) is 3.34. The molecule has 0 aliphatic rings. The minimum absolute atomic E-state index is 0.131. The Morgan fingerprint density at radius 2 is 2.25 bits per heavy atom. The fourth-order valence-corrected chi connectivity index (χ4v) is 2.00. The van der Waals surface area contributed by atoms with E-state index in [1.807, 2.05) is 19.1 Å². The van der Waals surface area contributed by atoms with E-state index >= 15 is 0 Å². The minimum atomic E-state index is 0.131. The lowest BCUT2D eigenvalue weighted by Gasteiger charge is -2.13. The van der Waals surface area contributed by atoms with Crippen molar-refractivity contribution in [2.45, 2.75) is 19.9 Å². The van der Waals surface area contributed by atoms with Gasteiger partial charge in [0.05, 0.1) is 24.2 Å². The fraction of sp³-hybridized carbons (Fsp3) is 0.250. The molecule has 2 heterocycles. The Hall–Kier alpha value is -1.29. The first kappa shape index (κ1) is 11.2. The molecule has 84 valence electrons. The van der Waals surface area contributed by atoms with Gasteiger partial charge in [-0.2, -0.15) is 0 Å². The maximum atomic E-state index is 5.43. The predicted octanol–water partition coefficient (Wildman–Crippen LogP) is 3.92. The van der Waals surface area contributed by atoms with Gasteiger partial charge in [-0.05, 0) is 47.5 Å². The van der Waals surface area contributed by atoms with Crippen LogP contribution in [-0.4, -0.2) is 4.98 Å². The highest BCUT2D eigenvalue weighted by Crippen LogP contribution is 2.23. The minimum Gasteiger partial charge on any atom is -0.467 e. The van der Waals surface area contributed by atoms with E-state index < -0.39 is 0 Å². The summed E-state index contributed by atoms with van der Waals surface area (Å²) in [6, 6.07) is 4.08. The third kappa shape index (κ3) is 2.44. The average Bonchev–Trinajstić information content (AvgIpc) is 2.64. The summed E-state index contributed by atoms with van der Waals surface area (Å²) in [4.78, 5) is 4.10. The van der Waals surface area contributed by atoms with E-state index in [-0.39, 0.29) is 6.04 Å². The van der Waals surface area contributed by atoms with Crippen LogP contribution in [0.3, 0.4) is 0 Å². The second-order valence-corrected chi connectivity index (χ2v) is 4.64. The Labute approximate surface area is 103 Å². The standard InChI is InChI=1S/C12H13BrN2O/c1-8-3-4-16-12(8)9(2)15-11-5-10(13)6-14-7-11/h3-7,9,15H,1-2H3. The van der Waals surface area contributed by atoms with E-state index in [9.17, 15) is 0 Å². The van der Waals surface area contributed by atoms with Crippen molar-refractivity contribution in [3.05, 3.63) is 46.6 Å². The summed E-state index contributed by atoms with van der Waals surface area (Å²) in [5.74, 6) is 0.958. The largest absolute Gasteiger partial charge is 0.467 e. The van der Waals surface area contributed by atoms with E-state index in [1.165, 1.54) is 0 Å². The molecule has 0 saturated heterocycles. The van der Waals surface area contributed by atoms with Gasteiger partial charge in [-0.1, -0.05) is 0 Å². The van der Waals surface area contributed by atoms with Crippen molar-refractivity contribution >= 4 is 21.6 Å². The van der Waals surface area contributed by atoms with Gasteiger partial charge in [-0.15, -0.1) is 0 Å². The highest BCUT2D eigenvalue weighted by molar-refractivity contribution is 9.10. The van der Waals surface area contributed by atoms with Gasteiger partial charge in [0.25, 0.3) is 0 Å². The van der Waals surface area contributed by atoms with Crippen LogP contribution >= 0.6 is 15.9 Å². The number of hydrogen-bond acceptors (Lipinski definition) is 3. The van der Waals surface area contributed by atoms with Crippen molar-refractivity contribution in [1.29, 1.82) is 0 Å². The molecule has 2 aromatic heterocycles. The lowest BCUT2D eigenvalue weighted by atomic mass is 10.1. The normalized spacial score (nSPS) is 12.4. The molecule has 1 N–H and O–H groups in total. The molecule has 0 saturated carbocycles. The second kappa shape index (κ2) is 4.70. The molecule has 0 fully saturated rings. The molecule has 2 rings (SSSR count). The Morgan fingerprint density at radius 1 is 1.44 bits per heavy atom. The number of aromatic nitrogens is 1. The zero-order valence-corrected chi connectivity index (χ0v) is 10.8. The number of hydrogen-bond donors (Lipinski definition) is 1. The van der Waals surface area contributed by atoms with Gasteiger partial charge in [0, 0.05) is 10.7 Å². The molecule has 1 unspecified atom stereocenters. The van der Waals surface area contributed by atoms with E-state index in [2.05, 4.69) is 33.2 Å². The first-order valence-corrected chi connectivity index (χ1v) is 5.87. The summed E-state index contributed by atoms with van der Waals surface area (Å²) in [7, 11) is 0. The quantitative estimate of drug-likeness (QED) is 0.926. The number of aryl methyl sites for hydroxylation is 1. The van der Waals surface area contributed by atoms with Crippen LogP contribution in [0.4, 0.5) is 5.69 Å². The zero-order valence-electron chi connectivity index (χ0n) is 9.20. The van der Waals surface area contributed by atoms with Crippen LogP contribution in [0.1, 0.15) is 24.3 Å². The highest BCUT2D eigenvalue weighted by atomic mass is 79.9. The Balaban J connectivity index is 2.14.